The predicted octanol–water partition coefficient (Wildman–Crippen LogP) is 8.53. The van der Waals surface area contributed by atoms with Crippen LogP contribution in [0.4, 0.5) is 0 Å². The summed E-state index contributed by atoms with van der Waals surface area (Å²) < 4.78 is 10.7. The summed E-state index contributed by atoms with van der Waals surface area (Å²) in [6.07, 6.45) is 0. The Morgan fingerprint density at radius 1 is 0.537 bits per heavy atom. The molecule has 0 aromatic heterocycles. The molecule has 0 saturated carbocycles. The maximum absolute atomic E-state index is 12.9. The van der Waals surface area contributed by atoms with Gasteiger partial charge in [0.05, 0.1) is 24.3 Å². The minimum Gasteiger partial charge on any atom is -0.462 e. The Morgan fingerprint density at radius 3 is 1.46 bits per heavy atom. The van der Waals surface area contributed by atoms with Crippen LogP contribution in [0.25, 0.3) is 33.4 Å². The molecular weight excluding hydrogens is 508 g/mol. The van der Waals surface area contributed by atoms with Gasteiger partial charge in [0.2, 0.25) is 0 Å². The van der Waals surface area contributed by atoms with Crippen LogP contribution in [-0.4, -0.2) is 25.2 Å². The lowest BCUT2D eigenvalue weighted by molar-refractivity contribution is 0.0525. The highest BCUT2D eigenvalue weighted by Crippen LogP contribution is 2.45. The maximum Gasteiger partial charge on any atom is 0.338 e. The van der Waals surface area contributed by atoms with Crippen molar-refractivity contribution in [1.29, 1.82) is 0 Å². The number of hydrogen-bond acceptors (Lipinski definition) is 4. The van der Waals surface area contributed by atoms with E-state index < -0.39 is 11.9 Å². The Hall–Kier alpha value is -4.96. The minimum absolute atomic E-state index is 0.0941. The second kappa shape index (κ2) is 11.3. The van der Waals surface area contributed by atoms with Crippen molar-refractivity contribution in [3.05, 3.63) is 143 Å². The van der Waals surface area contributed by atoms with Gasteiger partial charge in [0, 0.05) is 5.92 Å². The van der Waals surface area contributed by atoms with Gasteiger partial charge in [-0.2, -0.15) is 0 Å². The van der Waals surface area contributed by atoms with Crippen molar-refractivity contribution in [1.82, 2.24) is 0 Å². The Kier molecular flexibility index (Phi) is 7.22. The molecule has 0 bridgehead atoms. The molecule has 6 aliphatic rings. The summed E-state index contributed by atoms with van der Waals surface area (Å²) in [4.78, 5) is 25.8. The predicted molar refractivity (Wildman–Crippen MR) is 162 cm³/mol. The van der Waals surface area contributed by atoms with Gasteiger partial charge in [-0.1, -0.05) is 109 Å². The van der Waals surface area contributed by atoms with Gasteiger partial charge in [0.1, 0.15) is 0 Å². The van der Waals surface area contributed by atoms with Crippen molar-refractivity contribution >= 4 is 11.9 Å². The smallest absolute Gasteiger partial charge is 0.338 e. The molecule has 0 fully saturated rings. The lowest BCUT2D eigenvalue weighted by Crippen LogP contribution is -2.05. The molecule has 6 aliphatic carbocycles. The van der Waals surface area contributed by atoms with Crippen molar-refractivity contribution in [2.24, 2.45) is 0 Å². The summed E-state index contributed by atoms with van der Waals surface area (Å²) in [5, 5.41) is 0. The number of ether oxygens (including phenoxy) is 2. The zero-order valence-corrected chi connectivity index (χ0v) is 23.1. The van der Waals surface area contributed by atoms with E-state index in [1.54, 1.807) is 19.9 Å². The quantitative estimate of drug-likeness (QED) is 0.191. The van der Waals surface area contributed by atoms with E-state index in [0.717, 1.165) is 5.56 Å². The fourth-order valence-electron chi connectivity index (χ4n) is 5.82. The zero-order valence-electron chi connectivity index (χ0n) is 23.1. The van der Waals surface area contributed by atoms with Crippen molar-refractivity contribution in [2.45, 2.75) is 19.8 Å². The maximum atomic E-state index is 12.9. The lowest BCUT2D eigenvalue weighted by Gasteiger charge is -2.19. The van der Waals surface area contributed by atoms with E-state index in [0.29, 0.717) is 22.3 Å². The molecule has 0 saturated heterocycles. The van der Waals surface area contributed by atoms with E-state index in [4.69, 9.17) is 9.47 Å². The monoisotopic (exact) mass is 538 g/mol. The first-order valence-electron chi connectivity index (χ1n) is 14.0. The Bertz CT molecular complexity index is 1640. The van der Waals surface area contributed by atoms with E-state index >= 15 is 0 Å². The van der Waals surface area contributed by atoms with Crippen LogP contribution in [0.15, 0.2) is 115 Å². The summed E-state index contributed by atoms with van der Waals surface area (Å²) in [6, 6.07) is 39.3. The van der Waals surface area contributed by atoms with Gasteiger partial charge in [0.15, 0.2) is 0 Å². The summed E-state index contributed by atoms with van der Waals surface area (Å²) in [7, 11) is 0. The number of rotatable bonds is 7. The molecule has 0 atom stereocenters. The molecule has 4 heteroatoms. The summed E-state index contributed by atoms with van der Waals surface area (Å²) in [6.45, 7) is 4.03. The molecule has 0 N–H and O–H groups in total. The molecule has 0 aromatic rings. The number of hydrogen-bond donors (Lipinski definition) is 0. The van der Waals surface area contributed by atoms with Crippen LogP contribution in [-0.2, 0) is 9.47 Å². The molecule has 0 aliphatic heterocycles. The standard InChI is InChI=1S/C37H30O4/c1-3-40-36(38)33-23-34(37(39)41-4-2)30-20-18-26(17-19-29(30)33)35(31-21-15-24-11-7-5-9-13-27(24)31)32-22-16-25-12-8-6-10-14-28(25)32/h5-23,35H,3-4H2,1-2H3. The molecule has 41 heavy (non-hydrogen) atoms. The molecule has 0 unspecified atom stereocenters. The van der Waals surface area contributed by atoms with E-state index in [2.05, 4.69) is 84.9 Å². The third kappa shape index (κ3) is 4.82. The molecule has 6 rings (SSSR count). The first-order chi connectivity index (χ1) is 20.1. The third-order valence-corrected chi connectivity index (χ3v) is 7.64. The third-order valence-electron chi connectivity index (χ3n) is 7.64. The summed E-state index contributed by atoms with van der Waals surface area (Å²) in [5.41, 5.74) is 10.2. The number of carbonyl (C=O) groups is 2. The largest absolute Gasteiger partial charge is 0.462 e. The first-order valence-corrected chi connectivity index (χ1v) is 14.0. The van der Waals surface area contributed by atoms with Gasteiger partial charge in [-0.25, -0.2) is 9.59 Å². The van der Waals surface area contributed by atoms with Crippen LogP contribution in [0.5, 0.6) is 0 Å². The average molecular weight is 539 g/mol. The second-order valence-corrected chi connectivity index (χ2v) is 9.98. The number of esters is 2. The molecule has 0 aromatic carbocycles. The molecule has 4 nitrogen and oxygen atoms in total. The van der Waals surface area contributed by atoms with Crippen molar-refractivity contribution in [2.75, 3.05) is 13.2 Å². The van der Waals surface area contributed by atoms with Gasteiger partial charge in [0.25, 0.3) is 0 Å². The van der Waals surface area contributed by atoms with Gasteiger partial charge in [-0.05, 0) is 70.0 Å². The SMILES string of the molecule is CCOC(=O)c1cc(C(=O)OCC)c2ccc(C(c3ccc4cccccc3-4)c3ccc4cccccc3-4)ccc1-2. The average Bonchev–Trinajstić information content (AvgIpc) is 3.45. The second-order valence-electron chi connectivity index (χ2n) is 9.98. The van der Waals surface area contributed by atoms with Gasteiger partial charge in [-0.15, -0.1) is 0 Å². The Labute approximate surface area is 240 Å². The normalized spacial score (nSPS) is 11.3. The fraction of sp³-hybridized carbons (Fsp3) is 0.135. The zero-order chi connectivity index (χ0) is 28.3. The van der Waals surface area contributed by atoms with Crippen LogP contribution >= 0.6 is 0 Å². The van der Waals surface area contributed by atoms with Crippen LogP contribution in [0, 0.1) is 0 Å². The number of fused-ring (bicyclic) bond motifs is 3. The molecule has 0 radical (unpaired) electrons. The summed E-state index contributed by atoms with van der Waals surface area (Å²) in [5.74, 6) is -1.01. The van der Waals surface area contributed by atoms with Crippen molar-refractivity contribution in [3.8, 4) is 33.4 Å². The topological polar surface area (TPSA) is 52.6 Å². The van der Waals surface area contributed by atoms with Crippen LogP contribution in [0.2, 0.25) is 0 Å². The van der Waals surface area contributed by atoms with Gasteiger partial charge in [-0.3, -0.25) is 0 Å². The minimum atomic E-state index is -0.457. The first kappa shape index (κ1) is 26.3. The number of carbonyl (C=O) groups excluding carboxylic acids is 2. The van der Waals surface area contributed by atoms with E-state index in [-0.39, 0.29) is 19.1 Å². The van der Waals surface area contributed by atoms with E-state index in [1.807, 2.05) is 24.3 Å². The summed E-state index contributed by atoms with van der Waals surface area (Å²) >= 11 is 0. The lowest BCUT2D eigenvalue weighted by atomic mass is 9.84. The van der Waals surface area contributed by atoms with Crippen molar-refractivity contribution < 1.29 is 19.1 Å². The van der Waals surface area contributed by atoms with Crippen LogP contribution in [0.1, 0.15) is 57.2 Å². The molecule has 202 valence electrons. The van der Waals surface area contributed by atoms with Crippen LogP contribution < -0.4 is 0 Å². The molecule has 0 spiro atoms. The van der Waals surface area contributed by atoms with E-state index in [9.17, 15) is 9.59 Å². The highest BCUT2D eigenvalue weighted by Gasteiger charge is 2.28. The van der Waals surface area contributed by atoms with E-state index in [1.165, 1.54) is 33.4 Å². The fourth-order valence-corrected chi connectivity index (χ4v) is 5.82. The Morgan fingerprint density at radius 2 is 1.00 bits per heavy atom. The highest BCUT2D eigenvalue weighted by molar-refractivity contribution is 6.08. The Balaban J connectivity index is 1.59. The van der Waals surface area contributed by atoms with Crippen molar-refractivity contribution in [3.63, 3.8) is 0 Å². The van der Waals surface area contributed by atoms with Gasteiger partial charge >= 0.3 is 11.9 Å². The molecule has 0 amide bonds. The molecular formula is C37H30O4. The van der Waals surface area contributed by atoms with Gasteiger partial charge < -0.3 is 9.47 Å². The molecule has 0 heterocycles. The highest BCUT2D eigenvalue weighted by atomic mass is 16.5. The van der Waals surface area contributed by atoms with Crippen LogP contribution in [0.3, 0.4) is 0 Å².